The zero-order chi connectivity index (χ0) is 18.7. The molecule has 0 unspecified atom stereocenters. The van der Waals surface area contributed by atoms with E-state index >= 15 is 0 Å². The molecule has 2 aromatic carbocycles. The molecule has 0 saturated carbocycles. The molecule has 3 aromatic rings. The van der Waals surface area contributed by atoms with Crippen LogP contribution < -0.4 is 15.8 Å². The van der Waals surface area contributed by atoms with Crippen molar-refractivity contribution in [2.24, 2.45) is 0 Å². The van der Waals surface area contributed by atoms with Gasteiger partial charge in [-0.1, -0.05) is 25.1 Å². The number of hydrogen-bond acceptors (Lipinski definition) is 5. The highest BCUT2D eigenvalue weighted by Gasteiger charge is 2.18. The lowest BCUT2D eigenvalue weighted by Crippen LogP contribution is -2.26. The molecule has 6 nitrogen and oxygen atoms in total. The van der Waals surface area contributed by atoms with Crippen LogP contribution in [0.25, 0.3) is 22.0 Å². The lowest BCUT2D eigenvalue weighted by Gasteiger charge is -2.13. The average Bonchev–Trinajstić information content (AvgIpc) is 2.66. The third-order valence-corrected chi connectivity index (χ3v) is 4.03. The minimum Gasteiger partial charge on any atom is -0.496 e. The van der Waals surface area contributed by atoms with Gasteiger partial charge in [0.1, 0.15) is 17.1 Å². The van der Waals surface area contributed by atoms with Gasteiger partial charge in [0.15, 0.2) is 5.69 Å². The minimum atomic E-state index is -0.394. The summed E-state index contributed by atoms with van der Waals surface area (Å²) in [7, 11) is 1.51. The van der Waals surface area contributed by atoms with Crippen LogP contribution in [0.1, 0.15) is 23.8 Å². The van der Waals surface area contributed by atoms with Crippen LogP contribution in [0, 0.1) is 5.82 Å². The molecule has 0 aliphatic carbocycles. The third-order valence-electron chi connectivity index (χ3n) is 4.03. The number of aromatic nitrogens is 2. The van der Waals surface area contributed by atoms with Gasteiger partial charge in [-0.25, -0.2) is 4.39 Å². The summed E-state index contributed by atoms with van der Waals surface area (Å²) in [5.41, 5.74) is 8.12. The van der Waals surface area contributed by atoms with E-state index in [9.17, 15) is 9.18 Å². The maximum Gasteiger partial charge on any atom is 0.273 e. The summed E-state index contributed by atoms with van der Waals surface area (Å²) in [6.45, 7) is 2.48. The van der Waals surface area contributed by atoms with Gasteiger partial charge in [-0.05, 0) is 24.6 Å². The molecule has 0 spiro atoms. The molecule has 0 fully saturated rings. The van der Waals surface area contributed by atoms with Crippen molar-refractivity contribution in [2.45, 2.75) is 13.3 Å². The van der Waals surface area contributed by atoms with Crippen LogP contribution in [-0.4, -0.2) is 29.8 Å². The Morgan fingerprint density at radius 2 is 2.04 bits per heavy atom. The van der Waals surface area contributed by atoms with Gasteiger partial charge < -0.3 is 15.8 Å². The van der Waals surface area contributed by atoms with E-state index in [2.05, 4.69) is 15.5 Å². The number of benzene rings is 2. The van der Waals surface area contributed by atoms with Crippen molar-refractivity contribution >= 4 is 22.5 Å². The number of amides is 1. The summed E-state index contributed by atoms with van der Waals surface area (Å²) < 4.78 is 19.1. The van der Waals surface area contributed by atoms with Gasteiger partial charge in [-0.3, -0.25) is 4.79 Å². The number of nitrogens with zero attached hydrogens (tertiary/aromatic N) is 2. The monoisotopic (exact) mass is 354 g/mol. The summed E-state index contributed by atoms with van der Waals surface area (Å²) >= 11 is 0. The summed E-state index contributed by atoms with van der Waals surface area (Å²) in [5.74, 6) is -0.258. The number of nitrogens with one attached hydrogen (secondary N) is 1. The first-order chi connectivity index (χ1) is 12.6. The fourth-order valence-corrected chi connectivity index (χ4v) is 2.75. The fraction of sp³-hybridized carbons (Fsp3) is 0.211. The normalized spacial score (nSPS) is 10.7. The highest BCUT2D eigenvalue weighted by atomic mass is 19.1. The van der Waals surface area contributed by atoms with E-state index in [4.69, 9.17) is 10.5 Å². The minimum absolute atomic E-state index is 0.0781. The first-order valence-corrected chi connectivity index (χ1v) is 8.23. The van der Waals surface area contributed by atoms with Crippen molar-refractivity contribution in [1.82, 2.24) is 15.5 Å². The van der Waals surface area contributed by atoms with Gasteiger partial charge in [-0.15, -0.1) is 10.2 Å². The summed E-state index contributed by atoms with van der Waals surface area (Å²) in [6, 6.07) is 9.55. The Kier molecular flexibility index (Phi) is 4.97. The van der Waals surface area contributed by atoms with Gasteiger partial charge in [0.05, 0.1) is 12.8 Å². The summed E-state index contributed by atoms with van der Waals surface area (Å²) in [4.78, 5) is 12.2. The van der Waals surface area contributed by atoms with Gasteiger partial charge in [-0.2, -0.15) is 0 Å². The summed E-state index contributed by atoms with van der Waals surface area (Å²) in [5, 5.41) is 11.5. The molecular formula is C19H19FN4O2. The van der Waals surface area contributed by atoms with Gasteiger partial charge in [0.2, 0.25) is 0 Å². The number of hydrogen-bond donors (Lipinski definition) is 2. The highest BCUT2D eigenvalue weighted by Crippen LogP contribution is 2.36. The van der Waals surface area contributed by atoms with Crippen LogP contribution in [0.3, 0.4) is 0 Å². The molecule has 3 rings (SSSR count). The molecule has 1 heterocycles. The van der Waals surface area contributed by atoms with E-state index in [1.54, 1.807) is 24.3 Å². The molecule has 1 amide bonds. The number of nitrogens with two attached hydrogens (primary N) is 1. The lowest BCUT2D eigenvalue weighted by atomic mass is 10.00. The van der Waals surface area contributed by atoms with Crippen LogP contribution in [0.5, 0.6) is 5.75 Å². The smallest absolute Gasteiger partial charge is 0.273 e. The molecule has 0 aliphatic heterocycles. The van der Waals surface area contributed by atoms with E-state index in [0.717, 1.165) is 6.42 Å². The Balaban J connectivity index is 2.17. The van der Waals surface area contributed by atoms with Crippen molar-refractivity contribution in [1.29, 1.82) is 0 Å². The second kappa shape index (κ2) is 7.35. The molecule has 7 heteroatoms. The van der Waals surface area contributed by atoms with Crippen LogP contribution in [0.15, 0.2) is 36.4 Å². The van der Waals surface area contributed by atoms with Crippen molar-refractivity contribution in [2.75, 3.05) is 19.4 Å². The van der Waals surface area contributed by atoms with E-state index in [0.29, 0.717) is 34.3 Å². The second-order valence-corrected chi connectivity index (χ2v) is 5.76. The standard InChI is InChI=1S/C19H19FN4O2/c1-3-9-22-19(25)18-16(21)13-6-4-5-12(17(13)23-24-18)14-10-11(20)7-8-15(14)26-2/h4-8,10H,3,9H2,1-2H3,(H2,21,23)(H,22,25). The molecule has 0 atom stereocenters. The Bertz CT molecular complexity index is 975. The maximum atomic E-state index is 13.8. The average molecular weight is 354 g/mol. The Labute approximate surface area is 150 Å². The molecule has 0 saturated heterocycles. The fourth-order valence-electron chi connectivity index (χ4n) is 2.75. The van der Waals surface area contributed by atoms with E-state index in [1.165, 1.54) is 19.2 Å². The number of anilines is 1. The Hall–Kier alpha value is -3.22. The SMILES string of the molecule is CCCNC(=O)c1nnc2c(-c3cc(F)ccc3OC)cccc2c1N. The van der Waals surface area contributed by atoms with Crippen molar-refractivity contribution in [3.8, 4) is 16.9 Å². The molecule has 3 N–H and O–H groups in total. The van der Waals surface area contributed by atoms with E-state index < -0.39 is 5.82 Å². The van der Waals surface area contributed by atoms with Crippen LogP contribution in [0.2, 0.25) is 0 Å². The molecule has 26 heavy (non-hydrogen) atoms. The first kappa shape index (κ1) is 17.6. The Morgan fingerprint density at radius 1 is 1.23 bits per heavy atom. The van der Waals surface area contributed by atoms with Crippen LogP contribution >= 0.6 is 0 Å². The number of rotatable bonds is 5. The number of carbonyl (C=O) groups is 1. The number of halogens is 1. The van der Waals surface area contributed by atoms with Crippen molar-refractivity contribution < 1.29 is 13.9 Å². The van der Waals surface area contributed by atoms with Gasteiger partial charge >= 0.3 is 0 Å². The quantitative estimate of drug-likeness (QED) is 0.734. The van der Waals surface area contributed by atoms with Crippen LogP contribution in [0.4, 0.5) is 10.1 Å². The number of fused-ring (bicyclic) bond motifs is 1. The number of carbonyl (C=O) groups excluding carboxylic acids is 1. The van der Waals surface area contributed by atoms with Crippen LogP contribution in [-0.2, 0) is 0 Å². The van der Waals surface area contributed by atoms with Gasteiger partial charge in [0.25, 0.3) is 5.91 Å². The lowest BCUT2D eigenvalue weighted by molar-refractivity contribution is 0.0949. The maximum absolute atomic E-state index is 13.8. The topological polar surface area (TPSA) is 90.1 Å². The number of nitrogen functional groups attached to an aromatic ring is 1. The predicted molar refractivity (Wildman–Crippen MR) is 98.5 cm³/mol. The zero-order valence-corrected chi connectivity index (χ0v) is 14.5. The van der Waals surface area contributed by atoms with E-state index in [-0.39, 0.29) is 17.3 Å². The first-order valence-electron chi connectivity index (χ1n) is 8.23. The number of ether oxygens (including phenoxy) is 1. The zero-order valence-electron chi connectivity index (χ0n) is 14.5. The molecular weight excluding hydrogens is 335 g/mol. The molecule has 134 valence electrons. The predicted octanol–water partition coefficient (Wildman–Crippen LogP) is 3.17. The molecule has 0 aliphatic rings. The Morgan fingerprint density at radius 3 is 2.77 bits per heavy atom. The second-order valence-electron chi connectivity index (χ2n) is 5.76. The molecule has 0 radical (unpaired) electrons. The summed E-state index contributed by atoms with van der Waals surface area (Å²) in [6.07, 6.45) is 0.802. The van der Waals surface area contributed by atoms with Crippen molar-refractivity contribution in [3.63, 3.8) is 0 Å². The number of methoxy groups -OCH3 is 1. The van der Waals surface area contributed by atoms with E-state index in [1.807, 2.05) is 6.92 Å². The third kappa shape index (κ3) is 3.15. The largest absolute Gasteiger partial charge is 0.496 e. The molecule has 1 aromatic heterocycles. The molecule has 0 bridgehead atoms. The van der Waals surface area contributed by atoms with Gasteiger partial charge in [0, 0.05) is 23.1 Å². The van der Waals surface area contributed by atoms with Crippen molar-refractivity contribution in [3.05, 3.63) is 47.9 Å². The highest BCUT2D eigenvalue weighted by molar-refractivity contribution is 6.07.